The maximum absolute atomic E-state index is 13.1. The van der Waals surface area contributed by atoms with Crippen LogP contribution in [0.4, 0.5) is 15.8 Å². The summed E-state index contributed by atoms with van der Waals surface area (Å²) < 4.78 is 13.1. The molecule has 142 valence electrons. The topological polar surface area (TPSA) is 45.2 Å². The summed E-state index contributed by atoms with van der Waals surface area (Å²) in [6.07, 6.45) is 3.54. The number of hydrogen-bond donors (Lipinski definition) is 1. The lowest BCUT2D eigenvalue weighted by atomic mass is 9.99. The van der Waals surface area contributed by atoms with Crippen molar-refractivity contribution in [3.05, 3.63) is 88.5 Å². The Kier molecular flexibility index (Phi) is 5.26. The van der Waals surface area contributed by atoms with E-state index in [1.165, 1.54) is 24.3 Å². The van der Waals surface area contributed by atoms with Crippen LogP contribution in [-0.2, 0) is 13.0 Å². The fourth-order valence-corrected chi connectivity index (χ4v) is 3.70. The van der Waals surface area contributed by atoms with Gasteiger partial charge in [0.2, 0.25) is 0 Å². The molecule has 3 aromatic rings. The van der Waals surface area contributed by atoms with Gasteiger partial charge in [0.1, 0.15) is 11.0 Å². The minimum Gasteiger partial charge on any atom is -0.367 e. The molecule has 1 amide bonds. The van der Waals surface area contributed by atoms with Gasteiger partial charge in [0.05, 0.1) is 0 Å². The average molecular weight is 396 g/mol. The Balaban J connectivity index is 1.59. The molecule has 4 rings (SSSR count). The van der Waals surface area contributed by atoms with Gasteiger partial charge in [-0.15, -0.1) is 0 Å². The standard InChI is InChI=1S/C22H19ClFN3O/c23-21-16(4-2-12-25-21)14-27-13-3-5-18-19(6-1-7-20(18)27)26-22(28)15-8-10-17(24)11-9-15/h1-2,4,6-12H,3,5,13-14H2,(H,26,28). The van der Waals surface area contributed by atoms with E-state index in [0.717, 1.165) is 41.9 Å². The highest BCUT2D eigenvalue weighted by atomic mass is 35.5. The normalized spacial score (nSPS) is 13.1. The Labute approximate surface area is 168 Å². The van der Waals surface area contributed by atoms with E-state index in [1.807, 2.05) is 24.3 Å². The summed E-state index contributed by atoms with van der Waals surface area (Å²) in [6.45, 7) is 1.57. The van der Waals surface area contributed by atoms with E-state index in [-0.39, 0.29) is 11.7 Å². The zero-order valence-corrected chi connectivity index (χ0v) is 15.9. The number of amides is 1. The monoisotopic (exact) mass is 395 g/mol. The summed E-state index contributed by atoms with van der Waals surface area (Å²) in [4.78, 5) is 19.0. The number of nitrogens with one attached hydrogen (secondary N) is 1. The largest absolute Gasteiger partial charge is 0.367 e. The third-order valence-electron chi connectivity index (χ3n) is 4.90. The molecule has 0 atom stereocenters. The predicted molar refractivity (Wildman–Crippen MR) is 109 cm³/mol. The second-order valence-electron chi connectivity index (χ2n) is 6.74. The molecule has 2 aromatic carbocycles. The molecular weight excluding hydrogens is 377 g/mol. The van der Waals surface area contributed by atoms with E-state index >= 15 is 0 Å². The lowest BCUT2D eigenvalue weighted by molar-refractivity contribution is 0.102. The van der Waals surface area contributed by atoms with Crippen LogP contribution in [-0.4, -0.2) is 17.4 Å². The Morgan fingerprint density at radius 3 is 2.75 bits per heavy atom. The number of fused-ring (bicyclic) bond motifs is 1. The first-order chi connectivity index (χ1) is 13.6. The second kappa shape index (κ2) is 7.98. The maximum Gasteiger partial charge on any atom is 0.255 e. The van der Waals surface area contributed by atoms with Crippen LogP contribution >= 0.6 is 11.6 Å². The van der Waals surface area contributed by atoms with Gasteiger partial charge in [-0.25, -0.2) is 9.37 Å². The number of halogens is 2. The lowest BCUT2D eigenvalue weighted by Crippen LogP contribution is -2.29. The fourth-order valence-electron chi connectivity index (χ4n) is 3.52. The van der Waals surface area contributed by atoms with E-state index in [9.17, 15) is 9.18 Å². The van der Waals surface area contributed by atoms with Gasteiger partial charge in [-0.1, -0.05) is 23.7 Å². The number of nitrogens with zero attached hydrogens (tertiary/aromatic N) is 2. The van der Waals surface area contributed by atoms with Gasteiger partial charge in [0.25, 0.3) is 5.91 Å². The number of anilines is 2. The molecule has 0 bridgehead atoms. The van der Waals surface area contributed by atoms with Crippen LogP contribution in [0.1, 0.15) is 27.9 Å². The smallest absolute Gasteiger partial charge is 0.255 e. The Hall–Kier alpha value is -2.92. The van der Waals surface area contributed by atoms with Crippen molar-refractivity contribution in [2.45, 2.75) is 19.4 Å². The van der Waals surface area contributed by atoms with Crippen LogP contribution in [0.15, 0.2) is 60.8 Å². The molecule has 0 fully saturated rings. The minimum absolute atomic E-state index is 0.249. The van der Waals surface area contributed by atoms with Crippen LogP contribution in [0.3, 0.4) is 0 Å². The first-order valence-electron chi connectivity index (χ1n) is 9.15. The highest BCUT2D eigenvalue weighted by Gasteiger charge is 2.21. The van der Waals surface area contributed by atoms with Gasteiger partial charge in [-0.3, -0.25) is 4.79 Å². The van der Waals surface area contributed by atoms with Crippen molar-refractivity contribution in [1.82, 2.24) is 4.98 Å². The third-order valence-corrected chi connectivity index (χ3v) is 5.24. The zero-order valence-electron chi connectivity index (χ0n) is 15.2. The number of rotatable bonds is 4. The lowest BCUT2D eigenvalue weighted by Gasteiger charge is -2.32. The molecule has 0 saturated carbocycles. The average Bonchev–Trinajstić information content (AvgIpc) is 2.71. The molecule has 28 heavy (non-hydrogen) atoms. The van der Waals surface area contributed by atoms with Crippen molar-refractivity contribution in [2.75, 3.05) is 16.8 Å². The molecule has 0 radical (unpaired) electrons. The van der Waals surface area contributed by atoms with Gasteiger partial charge in [-0.2, -0.15) is 0 Å². The molecule has 0 aliphatic carbocycles. The number of aromatic nitrogens is 1. The Morgan fingerprint density at radius 2 is 1.96 bits per heavy atom. The number of carbonyl (C=O) groups excluding carboxylic acids is 1. The van der Waals surface area contributed by atoms with Crippen LogP contribution < -0.4 is 10.2 Å². The molecule has 0 spiro atoms. The highest BCUT2D eigenvalue weighted by molar-refractivity contribution is 6.30. The van der Waals surface area contributed by atoms with Crippen molar-refractivity contribution in [3.63, 3.8) is 0 Å². The number of hydrogen-bond acceptors (Lipinski definition) is 3. The van der Waals surface area contributed by atoms with E-state index < -0.39 is 0 Å². The van der Waals surface area contributed by atoms with E-state index in [1.54, 1.807) is 6.20 Å². The SMILES string of the molecule is O=C(Nc1cccc2c1CCCN2Cc1cccnc1Cl)c1ccc(F)cc1. The number of carbonyl (C=O) groups is 1. The molecule has 2 heterocycles. The number of pyridine rings is 1. The summed E-state index contributed by atoms with van der Waals surface area (Å²) in [6, 6.07) is 15.3. The van der Waals surface area contributed by atoms with Crippen LogP contribution in [0.5, 0.6) is 0 Å². The molecule has 1 aromatic heterocycles. The maximum atomic E-state index is 13.1. The first-order valence-corrected chi connectivity index (χ1v) is 9.53. The fraction of sp³-hybridized carbons (Fsp3) is 0.182. The second-order valence-corrected chi connectivity index (χ2v) is 7.10. The summed E-state index contributed by atoms with van der Waals surface area (Å²) in [5.41, 5.74) is 4.37. The van der Waals surface area contributed by atoms with E-state index in [2.05, 4.69) is 21.3 Å². The zero-order chi connectivity index (χ0) is 19.5. The van der Waals surface area contributed by atoms with Gasteiger partial charge in [-0.05, 0) is 60.9 Å². The van der Waals surface area contributed by atoms with Crippen LogP contribution in [0.2, 0.25) is 5.15 Å². The van der Waals surface area contributed by atoms with Gasteiger partial charge < -0.3 is 10.2 Å². The summed E-state index contributed by atoms with van der Waals surface area (Å²) in [7, 11) is 0. The van der Waals surface area contributed by atoms with Crippen molar-refractivity contribution < 1.29 is 9.18 Å². The van der Waals surface area contributed by atoms with Crippen LogP contribution in [0, 0.1) is 5.82 Å². The Morgan fingerprint density at radius 1 is 1.14 bits per heavy atom. The minimum atomic E-state index is -0.363. The summed E-state index contributed by atoms with van der Waals surface area (Å²) in [5, 5.41) is 3.48. The number of benzene rings is 2. The quantitative estimate of drug-likeness (QED) is 0.626. The van der Waals surface area contributed by atoms with Crippen molar-refractivity contribution in [2.24, 2.45) is 0 Å². The Bertz CT molecular complexity index is 1010. The first kappa shape index (κ1) is 18.4. The van der Waals surface area contributed by atoms with Crippen molar-refractivity contribution in [1.29, 1.82) is 0 Å². The highest BCUT2D eigenvalue weighted by Crippen LogP contribution is 2.34. The molecule has 1 aliphatic rings. The molecule has 4 nitrogen and oxygen atoms in total. The molecule has 6 heteroatoms. The summed E-state index contributed by atoms with van der Waals surface area (Å²) in [5.74, 6) is -0.612. The van der Waals surface area contributed by atoms with Crippen molar-refractivity contribution >= 4 is 28.9 Å². The van der Waals surface area contributed by atoms with E-state index in [0.29, 0.717) is 17.3 Å². The van der Waals surface area contributed by atoms with Gasteiger partial charge >= 0.3 is 0 Å². The molecule has 1 N–H and O–H groups in total. The van der Waals surface area contributed by atoms with Crippen molar-refractivity contribution in [3.8, 4) is 0 Å². The molecule has 1 aliphatic heterocycles. The predicted octanol–water partition coefficient (Wildman–Crippen LogP) is 5.08. The molecule has 0 saturated heterocycles. The molecular formula is C22H19ClFN3O. The van der Waals surface area contributed by atoms with Gasteiger partial charge in [0.15, 0.2) is 0 Å². The molecule has 0 unspecified atom stereocenters. The van der Waals surface area contributed by atoms with Crippen LogP contribution in [0.25, 0.3) is 0 Å². The summed E-state index contributed by atoms with van der Waals surface area (Å²) >= 11 is 6.23. The van der Waals surface area contributed by atoms with E-state index in [4.69, 9.17) is 11.6 Å². The third kappa shape index (κ3) is 3.85. The van der Waals surface area contributed by atoms with Gasteiger partial charge in [0, 0.05) is 41.8 Å².